The molecule has 1 N–H and O–H groups in total. The first-order chi connectivity index (χ1) is 13.2. The molecule has 0 saturated carbocycles. The fourth-order valence-electron chi connectivity index (χ4n) is 3.99. The van der Waals surface area contributed by atoms with Crippen LogP contribution in [-0.4, -0.2) is 44.9 Å². The third-order valence-electron chi connectivity index (χ3n) is 5.65. The lowest BCUT2D eigenvalue weighted by molar-refractivity contribution is -0.132. The summed E-state index contributed by atoms with van der Waals surface area (Å²) in [5, 5.41) is 7.36. The second-order valence-corrected chi connectivity index (χ2v) is 7.44. The maximum atomic E-state index is 13.1. The first-order valence-corrected chi connectivity index (χ1v) is 9.87. The number of nitrogens with zero attached hydrogens (tertiary/aromatic N) is 3. The maximum Gasteiger partial charge on any atom is 0.275 e. The summed E-state index contributed by atoms with van der Waals surface area (Å²) in [5.41, 5.74) is 4.90. The summed E-state index contributed by atoms with van der Waals surface area (Å²) in [6.07, 6.45) is 4.10. The van der Waals surface area contributed by atoms with Crippen LogP contribution in [0.15, 0.2) is 24.3 Å². The second-order valence-electron chi connectivity index (χ2n) is 7.44. The molecule has 2 aromatic rings. The number of hydrogen-bond donors (Lipinski definition) is 1. The minimum absolute atomic E-state index is 0.0372. The number of carbonyl (C=O) groups is 2. The van der Waals surface area contributed by atoms with Gasteiger partial charge >= 0.3 is 0 Å². The molecule has 27 heavy (non-hydrogen) atoms. The van der Waals surface area contributed by atoms with E-state index in [0.717, 1.165) is 36.9 Å². The quantitative estimate of drug-likeness (QED) is 0.904. The van der Waals surface area contributed by atoms with Crippen molar-refractivity contribution in [1.82, 2.24) is 20.0 Å². The van der Waals surface area contributed by atoms with Gasteiger partial charge in [0.1, 0.15) is 0 Å². The minimum Gasteiger partial charge on any atom is -0.338 e. The molecule has 2 aliphatic rings. The first kappa shape index (κ1) is 17.8. The maximum absolute atomic E-state index is 13.1. The Morgan fingerprint density at radius 3 is 2.67 bits per heavy atom. The highest BCUT2D eigenvalue weighted by Crippen LogP contribution is 2.25. The van der Waals surface area contributed by atoms with Crippen LogP contribution >= 0.6 is 0 Å². The number of benzene rings is 1. The fraction of sp³-hybridized carbons (Fsp3) is 0.476. The Hall–Kier alpha value is -2.63. The van der Waals surface area contributed by atoms with Gasteiger partial charge in [-0.2, -0.15) is 5.10 Å². The Balaban J connectivity index is 1.51. The summed E-state index contributed by atoms with van der Waals surface area (Å²) in [4.78, 5) is 29.3. The number of aromatic amines is 1. The number of carbonyl (C=O) groups excluding carboxylic acids is 2. The van der Waals surface area contributed by atoms with Crippen LogP contribution in [0.4, 0.5) is 0 Å². The predicted octanol–water partition coefficient (Wildman–Crippen LogP) is 2.68. The Bertz CT molecular complexity index is 858. The molecule has 2 aliphatic heterocycles. The van der Waals surface area contributed by atoms with E-state index in [1.807, 2.05) is 21.9 Å². The summed E-state index contributed by atoms with van der Waals surface area (Å²) in [5.74, 6) is 0.138. The number of H-pyrrole nitrogens is 1. The van der Waals surface area contributed by atoms with Gasteiger partial charge in [0.15, 0.2) is 5.69 Å². The molecule has 1 aromatic carbocycles. The summed E-state index contributed by atoms with van der Waals surface area (Å²) in [6, 6.07) is 8.28. The molecule has 142 valence electrons. The molecule has 0 saturated heterocycles. The van der Waals surface area contributed by atoms with Gasteiger partial charge in [0.2, 0.25) is 5.91 Å². The molecule has 0 radical (unpaired) electrons. The fourth-order valence-corrected chi connectivity index (χ4v) is 3.99. The lowest BCUT2D eigenvalue weighted by Crippen LogP contribution is -2.39. The Labute approximate surface area is 159 Å². The molecule has 0 bridgehead atoms. The summed E-state index contributed by atoms with van der Waals surface area (Å²) in [6.45, 7) is 4.60. The molecule has 6 nitrogen and oxygen atoms in total. The molecule has 0 unspecified atom stereocenters. The van der Waals surface area contributed by atoms with E-state index in [9.17, 15) is 9.59 Å². The van der Waals surface area contributed by atoms with Crippen molar-refractivity contribution in [3.8, 4) is 0 Å². The van der Waals surface area contributed by atoms with Gasteiger partial charge in [-0.15, -0.1) is 0 Å². The highest BCUT2D eigenvalue weighted by atomic mass is 16.2. The largest absolute Gasteiger partial charge is 0.338 e. The predicted molar refractivity (Wildman–Crippen MR) is 102 cm³/mol. The van der Waals surface area contributed by atoms with Gasteiger partial charge in [-0.3, -0.25) is 14.7 Å². The van der Waals surface area contributed by atoms with Gasteiger partial charge in [0, 0.05) is 50.3 Å². The normalized spacial score (nSPS) is 16.0. The van der Waals surface area contributed by atoms with E-state index < -0.39 is 0 Å². The number of rotatable bonds is 4. The summed E-state index contributed by atoms with van der Waals surface area (Å²) < 4.78 is 0. The molecule has 4 rings (SSSR count). The topological polar surface area (TPSA) is 69.3 Å². The standard InChI is InChI=1S/C21H26N4O2/c1-2-3-8-19(26)24-12-10-18-17(14-24)20(23-22-18)21(27)25-11-9-15-6-4-5-7-16(15)13-25/h4-7H,2-3,8-14H2,1H3,(H,22,23). The lowest BCUT2D eigenvalue weighted by atomic mass is 9.99. The molecule has 2 amide bonds. The zero-order valence-corrected chi connectivity index (χ0v) is 15.8. The van der Waals surface area contributed by atoms with Crippen molar-refractivity contribution < 1.29 is 9.59 Å². The Morgan fingerprint density at radius 1 is 1.07 bits per heavy atom. The Kier molecular flexibility index (Phi) is 4.97. The zero-order valence-electron chi connectivity index (χ0n) is 15.8. The van der Waals surface area contributed by atoms with E-state index in [2.05, 4.69) is 29.3 Å². The smallest absolute Gasteiger partial charge is 0.275 e. The third-order valence-corrected chi connectivity index (χ3v) is 5.65. The number of unbranched alkanes of at least 4 members (excludes halogenated alkanes) is 1. The van der Waals surface area contributed by atoms with Crippen LogP contribution in [0.2, 0.25) is 0 Å². The molecule has 0 fully saturated rings. The van der Waals surface area contributed by atoms with Crippen LogP contribution in [0.5, 0.6) is 0 Å². The Morgan fingerprint density at radius 2 is 1.85 bits per heavy atom. The van der Waals surface area contributed by atoms with Gasteiger partial charge in [0.05, 0.1) is 0 Å². The van der Waals surface area contributed by atoms with E-state index >= 15 is 0 Å². The highest BCUT2D eigenvalue weighted by molar-refractivity contribution is 5.94. The van der Waals surface area contributed by atoms with Crippen molar-refractivity contribution in [3.05, 3.63) is 52.3 Å². The van der Waals surface area contributed by atoms with E-state index in [-0.39, 0.29) is 11.8 Å². The van der Waals surface area contributed by atoms with Crippen molar-refractivity contribution >= 4 is 11.8 Å². The van der Waals surface area contributed by atoms with E-state index in [1.54, 1.807) is 0 Å². The van der Waals surface area contributed by atoms with E-state index in [4.69, 9.17) is 0 Å². The number of fused-ring (bicyclic) bond motifs is 2. The van der Waals surface area contributed by atoms with E-state index in [1.165, 1.54) is 11.1 Å². The molecule has 6 heteroatoms. The molecule has 0 aliphatic carbocycles. The van der Waals surface area contributed by atoms with Gasteiger partial charge < -0.3 is 9.80 Å². The van der Waals surface area contributed by atoms with Crippen LogP contribution in [0.25, 0.3) is 0 Å². The SMILES string of the molecule is CCCCC(=O)N1CCc2[nH]nc(C(=O)N3CCc4ccccc4C3)c2C1. The van der Waals surface area contributed by atoms with Crippen LogP contribution in [0, 0.1) is 0 Å². The summed E-state index contributed by atoms with van der Waals surface area (Å²) in [7, 11) is 0. The van der Waals surface area contributed by atoms with Crippen LogP contribution < -0.4 is 0 Å². The lowest BCUT2D eigenvalue weighted by Gasteiger charge is -2.30. The molecule has 0 spiro atoms. The molecular weight excluding hydrogens is 340 g/mol. The number of hydrogen-bond acceptors (Lipinski definition) is 3. The number of nitrogens with one attached hydrogen (secondary N) is 1. The first-order valence-electron chi connectivity index (χ1n) is 9.87. The summed E-state index contributed by atoms with van der Waals surface area (Å²) >= 11 is 0. The number of amides is 2. The van der Waals surface area contributed by atoms with Crippen LogP contribution in [-0.2, 0) is 30.7 Å². The zero-order chi connectivity index (χ0) is 18.8. The minimum atomic E-state index is -0.0372. The van der Waals surface area contributed by atoms with Crippen molar-refractivity contribution in [2.75, 3.05) is 13.1 Å². The van der Waals surface area contributed by atoms with Crippen molar-refractivity contribution in [2.45, 2.75) is 52.1 Å². The number of aromatic nitrogens is 2. The monoisotopic (exact) mass is 366 g/mol. The van der Waals surface area contributed by atoms with E-state index in [0.29, 0.717) is 38.3 Å². The third kappa shape index (κ3) is 3.48. The molecular formula is C21H26N4O2. The molecule has 0 atom stereocenters. The molecule has 1 aromatic heterocycles. The van der Waals surface area contributed by atoms with Crippen molar-refractivity contribution in [2.24, 2.45) is 0 Å². The van der Waals surface area contributed by atoms with Crippen molar-refractivity contribution in [3.63, 3.8) is 0 Å². The van der Waals surface area contributed by atoms with Gasteiger partial charge in [-0.05, 0) is 24.0 Å². The average Bonchev–Trinajstić information content (AvgIpc) is 3.14. The van der Waals surface area contributed by atoms with Crippen LogP contribution in [0.1, 0.15) is 59.1 Å². The van der Waals surface area contributed by atoms with Crippen molar-refractivity contribution in [1.29, 1.82) is 0 Å². The van der Waals surface area contributed by atoms with Gasteiger partial charge in [-0.25, -0.2) is 0 Å². The second kappa shape index (κ2) is 7.55. The van der Waals surface area contributed by atoms with Crippen LogP contribution in [0.3, 0.4) is 0 Å². The molecule has 3 heterocycles. The van der Waals surface area contributed by atoms with Gasteiger partial charge in [-0.1, -0.05) is 37.6 Å². The average molecular weight is 366 g/mol. The van der Waals surface area contributed by atoms with Gasteiger partial charge in [0.25, 0.3) is 5.91 Å². The highest BCUT2D eigenvalue weighted by Gasteiger charge is 2.30.